The highest BCUT2D eigenvalue weighted by molar-refractivity contribution is 5.38. The van der Waals surface area contributed by atoms with Gasteiger partial charge in [-0.2, -0.15) is 0 Å². The first-order valence-corrected chi connectivity index (χ1v) is 5.95. The summed E-state index contributed by atoms with van der Waals surface area (Å²) in [5.41, 5.74) is 0. The van der Waals surface area contributed by atoms with Gasteiger partial charge in [-0.3, -0.25) is 0 Å². The monoisotopic (exact) mass is 221 g/mol. The van der Waals surface area contributed by atoms with Crippen LogP contribution in [-0.2, 0) is 0 Å². The van der Waals surface area contributed by atoms with E-state index in [1.165, 1.54) is 12.8 Å². The third-order valence-electron chi connectivity index (χ3n) is 3.09. The van der Waals surface area contributed by atoms with Crippen LogP contribution in [0.3, 0.4) is 0 Å². The first-order valence-electron chi connectivity index (χ1n) is 5.95. The minimum absolute atomic E-state index is 0.0913. The van der Waals surface area contributed by atoms with Gasteiger partial charge in [-0.1, -0.05) is 18.6 Å². The van der Waals surface area contributed by atoms with Gasteiger partial charge < -0.3 is 15.2 Å². The summed E-state index contributed by atoms with van der Waals surface area (Å²) >= 11 is 0. The second kappa shape index (κ2) is 5.21. The van der Waals surface area contributed by atoms with Crippen molar-refractivity contribution in [1.82, 2.24) is 5.32 Å². The van der Waals surface area contributed by atoms with Crippen molar-refractivity contribution in [1.29, 1.82) is 0 Å². The minimum Gasteiger partial charge on any atom is -0.504 e. The Hall–Kier alpha value is -1.22. The van der Waals surface area contributed by atoms with Crippen molar-refractivity contribution in [3.05, 3.63) is 24.3 Å². The molecule has 0 saturated carbocycles. The molecule has 2 N–H and O–H groups in total. The second-order valence-electron chi connectivity index (χ2n) is 4.35. The average molecular weight is 221 g/mol. The Balaban J connectivity index is 1.96. The zero-order valence-electron chi connectivity index (χ0n) is 9.65. The Morgan fingerprint density at radius 3 is 2.88 bits per heavy atom. The van der Waals surface area contributed by atoms with E-state index in [2.05, 4.69) is 12.2 Å². The molecule has 3 heteroatoms. The fourth-order valence-electron chi connectivity index (χ4n) is 2.12. The van der Waals surface area contributed by atoms with E-state index in [1.807, 2.05) is 6.07 Å². The van der Waals surface area contributed by atoms with Gasteiger partial charge in [0.1, 0.15) is 6.10 Å². The highest BCUT2D eigenvalue weighted by atomic mass is 16.5. The molecule has 0 radical (unpaired) electrons. The van der Waals surface area contributed by atoms with Gasteiger partial charge >= 0.3 is 0 Å². The number of benzene rings is 1. The molecule has 0 aromatic heterocycles. The summed E-state index contributed by atoms with van der Waals surface area (Å²) in [6.45, 7) is 3.12. The number of para-hydroxylation sites is 2. The predicted molar refractivity (Wildman–Crippen MR) is 63.8 cm³/mol. The molecule has 0 bridgehead atoms. The first-order chi connectivity index (χ1) is 7.77. The highest BCUT2D eigenvalue weighted by Gasteiger charge is 2.21. The van der Waals surface area contributed by atoms with Crippen LogP contribution in [0.5, 0.6) is 11.5 Å². The Bertz CT molecular complexity index is 334. The summed E-state index contributed by atoms with van der Waals surface area (Å²) in [5, 5.41) is 13.1. The van der Waals surface area contributed by atoms with Gasteiger partial charge in [0, 0.05) is 6.04 Å². The first kappa shape index (κ1) is 11.3. The number of hydrogen-bond donors (Lipinski definition) is 2. The Kier molecular flexibility index (Phi) is 3.67. The van der Waals surface area contributed by atoms with Crippen LogP contribution in [0.15, 0.2) is 24.3 Å². The highest BCUT2D eigenvalue weighted by Crippen LogP contribution is 2.26. The molecule has 2 rings (SSSR count). The van der Waals surface area contributed by atoms with Gasteiger partial charge in [-0.25, -0.2) is 0 Å². The molecule has 0 amide bonds. The molecule has 1 aromatic rings. The van der Waals surface area contributed by atoms with E-state index in [1.54, 1.807) is 18.2 Å². The summed E-state index contributed by atoms with van der Waals surface area (Å²) in [5.74, 6) is 0.785. The molecule has 1 heterocycles. The van der Waals surface area contributed by atoms with Crippen LogP contribution in [0.4, 0.5) is 0 Å². The van der Waals surface area contributed by atoms with Crippen LogP contribution in [0.1, 0.15) is 26.2 Å². The smallest absolute Gasteiger partial charge is 0.161 e. The molecular formula is C13H19NO2. The molecular weight excluding hydrogens is 202 g/mol. The van der Waals surface area contributed by atoms with Crippen molar-refractivity contribution >= 4 is 0 Å². The van der Waals surface area contributed by atoms with Gasteiger partial charge in [0.05, 0.1) is 0 Å². The lowest BCUT2D eigenvalue weighted by molar-refractivity contribution is 0.148. The summed E-state index contributed by atoms with van der Waals surface area (Å²) < 4.78 is 5.77. The van der Waals surface area contributed by atoms with Crippen molar-refractivity contribution < 1.29 is 9.84 Å². The van der Waals surface area contributed by atoms with Gasteiger partial charge in [0.15, 0.2) is 11.5 Å². The molecule has 16 heavy (non-hydrogen) atoms. The molecule has 88 valence electrons. The maximum atomic E-state index is 9.61. The lowest BCUT2D eigenvalue weighted by Gasteiger charge is -2.29. The van der Waals surface area contributed by atoms with E-state index in [4.69, 9.17) is 4.74 Å². The molecule has 2 unspecified atom stereocenters. The second-order valence-corrected chi connectivity index (χ2v) is 4.35. The van der Waals surface area contributed by atoms with Crippen LogP contribution in [0.2, 0.25) is 0 Å². The SMILES string of the molecule is CC(Oc1ccccc1O)C1CCCCN1. The minimum atomic E-state index is 0.0913. The van der Waals surface area contributed by atoms with Crippen molar-refractivity contribution in [2.24, 2.45) is 0 Å². The lowest BCUT2D eigenvalue weighted by atomic mass is 10.0. The Morgan fingerprint density at radius 1 is 1.38 bits per heavy atom. The summed E-state index contributed by atoms with van der Waals surface area (Å²) in [4.78, 5) is 0. The molecule has 0 spiro atoms. The fourth-order valence-corrected chi connectivity index (χ4v) is 2.12. The van der Waals surface area contributed by atoms with Gasteiger partial charge in [-0.05, 0) is 38.4 Å². The molecule has 1 aromatic carbocycles. The quantitative estimate of drug-likeness (QED) is 0.823. The third kappa shape index (κ3) is 2.67. The zero-order chi connectivity index (χ0) is 11.4. The van der Waals surface area contributed by atoms with Crippen molar-refractivity contribution in [3.63, 3.8) is 0 Å². The van der Waals surface area contributed by atoms with Gasteiger partial charge in [0.25, 0.3) is 0 Å². The van der Waals surface area contributed by atoms with E-state index in [0.717, 1.165) is 13.0 Å². The van der Waals surface area contributed by atoms with Crippen molar-refractivity contribution in [2.45, 2.75) is 38.3 Å². The summed E-state index contributed by atoms with van der Waals surface area (Å²) in [6.07, 6.45) is 3.74. The average Bonchev–Trinajstić information content (AvgIpc) is 2.33. The topological polar surface area (TPSA) is 41.5 Å². The molecule has 2 atom stereocenters. The number of hydrogen-bond acceptors (Lipinski definition) is 3. The number of phenolic OH excluding ortho intramolecular Hbond substituents is 1. The van der Waals surface area contributed by atoms with Gasteiger partial charge in [-0.15, -0.1) is 0 Å². The van der Waals surface area contributed by atoms with Crippen LogP contribution < -0.4 is 10.1 Å². The number of ether oxygens (including phenoxy) is 1. The number of nitrogens with one attached hydrogen (secondary N) is 1. The molecule has 1 aliphatic rings. The molecule has 1 fully saturated rings. The maximum Gasteiger partial charge on any atom is 0.161 e. The zero-order valence-corrected chi connectivity index (χ0v) is 9.65. The van der Waals surface area contributed by atoms with Crippen LogP contribution >= 0.6 is 0 Å². The number of phenols is 1. The summed E-state index contributed by atoms with van der Waals surface area (Å²) in [6, 6.07) is 7.51. The Morgan fingerprint density at radius 2 is 2.19 bits per heavy atom. The molecule has 0 aliphatic carbocycles. The molecule has 3 nitrogen and oxygen atoms in total. The molecule has 1 aliphatic heterocycles. The van der Waals surface area contributed by atoms with E-state index in [-0.39, 0.29) is 11.9 Å². The maximum absolute atomic E-state index is 9.61. The lowest BCUT2D eigenvalue weighted by Crippen LogP contribution is -2.44. The van der Waals surface area contributed by atoms with E-state index >= 15 is 0 Å². The number of aromatic hydroxyl groups is 1. The van der Waals surface area contributed by atoms with E-state index < -0.39 is 0 Å². The summed E-state index contributed by atoms with van der Waals surface area (Å²) in [7, 11) is 0. The number of piperidine rings is 1. The fraction of sp³-hybridized carbons (Fsp3) is 0.538. The van der Waals surface area contributed by atoms with Gasteiger partial charge in [0.2, 0.25) is 0 Å². The third-order valence-corrected chi connectivity index (χ3v) is 3.09. The number of rotatable bonds is 3. The van der Waals surface area contributed by atoms with E-state index in [0.29, 0.717) is 11.8 Å². The standard InChI is InChI=1S/C13H19NO2/c1-10(11-6-4-5-9-14-11)16-13-8-3-2-7-12(13)15/h2-3,7-8,10-11,14-15H,4-6,9H2,1H3. The van der Waals surface area contributed by atoms with Crippen molar-refractivity contribution in [2.75, 3.05) is 6.54 Å². The van der Waals surface area contributed by atoms with Crippen LogP contribution in [0.25, 0.3) is 0 Å². The molecule has 1 saturated heterocycles. The van der Waals surface area contributed by atoms with Crippen LogP contribution in [0, 0.1) is 0 Å². The Labute approximate surface area is 96.4 Å². The van der Waals surface area contributed by atoms with E-state index in [9.17, 15) is 5.11 Å². The normalized spacial score (nSPS) is 22.7. The largest absolute Gasteiger partial charge is 0.504 e. The predicted octanol–water partition coefficient (Wildman–Crippen LogP) is 2.30. The van der Waals surface area contributed by atoms with Crippen molar-refractivity contribution in [3.8, 4) is 11.5 Å². The van der Waals surface area contributed by atoms with Crippen LogP contribution in [-0.4, -0.2) is 23.8 Å².